The molecule has 3 fully saturated rings. The zero-order valence-corrected chi connectivity index (χ0v) is 21.2. The van der Waals surface area contributed by atoms with E-state index in [0.29, 0.717) is 0 Å². The molecule has 139 valence electrons. The van der Waals surface area contributed by atoms with E-state index in [0.717, 1.165) is 11.3 Å². The number of hydrogen-bond donors (Lipinski definition) is 0. The first-order valence-corrected chi connectivity index (χ1v) is 16.8. The van der Waals surface area contributed by atoms with Crippen LogP contribution in [0.4, 0.5) is 0 Å². The van der Waals surface area contributed by atoms with Gasteiger partial charge in [-0.05, 0) is 77.0 Å². The van der Waals surface area contributed by atoms with Gasteiger partial charge in [0.25, 0.3) is 0 Å². The van der Waals surface area contributed by atoms with E-state index in [9.17, 15) is 0 Å². The van der Waals surface area contributed by atoms with Gasteiger partial charge < -0.3 is 17.0 Å². The van der Waals surface area contributed by atoms with Crippen molar-refractivity contribution in [2.75, 3.05) is 0 Å². The van der Waals surface area contributed by atoms with Crippen molar-refractivity contribution in [3.63, 3.8) is 0 Å². The zero-order chi connectivity index (χ0) is 15.6. The molecule has 0 amide bonds. The molecule has 0 bridgehead atoms. The van der Waals surface area contributed by atoms with Crippen LogP contribution in [0.5, 0.6) is 0 Å². The first-order valence-electron chi connectivity index (χ1n) is 9.58. The van der Waals surface area contributed by atoms with Crippen molar-refractivity contribution >= 4 is 36.1 Å². The third-order valence-corrected chi connectivity index (χ3v) is 10.8. The van der Waals surface area contributed by atoms with Gasteiger partial charge in [-0.1, -0.05) is 19.3 Å². The van der Waals surface area contributed by atoms with Crippen molar-refractivity contribution < 1.29 is 28.3 Å². The summed E-state index contributed by atoms with van der Waals surface area (Å²) in [5, 5.41) is 0. The molecule has 3 aliphatic rings. The molecule has 0 aromatic rings. The number of halogens is 3. The summed E-state index contributed by atoms with van der Waals surface area (Å²) in [6, 6.07) is 0. The molecule has 0 atom stereocenters. The SMILES string of the molecule is C1CCC([PH+](C2CCCCC2)C2CCCCC2)CC1.[Br-].[Br][Fe+][Br]. The summed E-state index contributed by atoms with van der Waals surface area (Å²) in [5.41, 5.74) is 3.68. The quantitative estimate of drug-likeness (QED) is 0.332. The summed E-state index contributed by atoms with van der Waals surface area (Å²) >= 11 is 7.00. The van der Waals surface area contributed by atoms with E-state index in [1.54, 1.807) is 96.3 Å². The van der Waals surface area contributed by atoms with Crippen molar-refractivity contribution in [2.45, 2.75) is 113 Å². The van der Waals surface area contributed by atoms with Crippen LogP contribution in [0.1, 0.15) is 96.3 Å². The van der Waals surface area contributed by atoms with E-state index in [-0.39, 0.29) is 24.9 Å². The number of hydrogen-bond acceptors (Lipinski definition) is 0. The van der Waals surface area contributed by atoms with Crippen molar-refractivity contribution in [3.05, 3.63) is 0 Å². The Hall–Kier alpha value is 2.39. The van der Waals surface area contributed by atoms with Gasteiger partial charge in [-0.15, -0.1) is 0 Å². The summed E-state index contributed by atoms with van der Waals surface area (Å²) in [5.74, 6) is 0. The Morgan fingerprint density at radius 1 is 0.522 bits per heavy atom. The maximum atomic E-state index is 3.06. The van der Waals surface area contributed by atoms with Gasteiger partial charge >= 0.3 is 39.6 Å². The van der Waals surface area contributed by atoms with Crippen LogP contribution in [-0.2, 0) is 11.3 Å². The molecule has 3 saturated carbocycles. The minimum atomic E-state index is -0.0465. The number of rotatable bonds is 3. The Labute approximate surface area is 176 Å². The Bertz CT molecular complexity index is 233. The summed E-state index contributed by atoms with van der Waals surface area (Å²) < 4.78 is 0. The van der Waals surface area contributed by atoms with Gasteiger partial charge in [-0.25, -0.2) is 0 Å². The average Bonchev–Trinajstić information content (AvgIpc) is 2.59. The Balaban J connectivity index is 0.000000615. The van der Waals surface area contributed by atoms with Gasteiger partial charge in [0.15, 0.2) is 0 Å². The molecular formula is C18H34Br3FeP+. The molecule has 0 nitrogen and oxygen atoms in total. The van der Waals surface area contributed by atoms with Crippen molar-refractivity contribution in [3.8, 4) is 0 Å². The van der Waals surface area contributed by atoms with E-state index in [1.807, 2.05) is 0 Å². The van der Waals surface area contributed by atoms with Crippen molar-refractivity contribution in [1.82, 2.24) is 0 Å². The fourth-order valence-corrected chi connectivity index (χ4v) is 10.5. The van der Waals surface area contributed by atoms with E-state index in [2.05, 4.69) is 28.2 Å². The molecule has 0 radical (unpaired) electrons. The third-order valence-electron chi connectivity index (χ3n) is 6.23. The third kappa shape index (κ3) is 8.30. The zero-order valence-electron chi connectivity index (χ0n) is 14.3. The fraction of sp³-hybridized carbons (Fsp3) is 1.00. The first-order chi connectivity index (χ1) is 10.9. The Kier molecular flexibility index (Phi) is 14.7. The second kappa shape index (κ2) is 14.4. The summed E-state index contributed by atoms with van der Waals surface area (Å²) in [6.07, 6.45) is 23.8. The van der Waals surface area contributed by atoms with Crippen molar-refractivity contribution in [1.29, 1.82) is 0 Å². The predicted molar refractivity (Wildman–Crippen MR) is 107 cm³/mol. The van der Waals surface area contributed by atoms with Crippen LogP contribution in [-0.4, -0.2) is 17.0 Å². The maximum absolute atomic E-state index is 3.06. The van der Waals surface area contributed by atoms with Gasteiger partial charge in [-0.3, -0.25) is 0 Å². The standard InChI is InChI=1S/C18H33P.3BrH.Fe/c1-4-10-16(11-5-1)19(17-12-6-2-7-13-17)18-14-8-3-9-15-18;;;;/h16-18H,1-15H2;3*1H;/q;;;;+3/p-2. The van der Waals surface area contributed by atoms with Gasteiger partial charge in [-0.2, -0.15) is 0 Å². The van der Waals surface area contributed by atoms with Crippen LogP contribution >= 0.6 is 36.1 Å². The molecule has 0 saturated heterocycles. The molecule has 3 rings (SSSR count). The molecule has 0 aliphatic heterocycles. The summed E-state index contributed by atoms with van der Waals surface area (Å²) in [6.45, 7) is 0. The monoisotopic (exact) mass is 574 g/mol. The summed E-state index contributed by atoms with van der Waals surface area (Å²) in [4.78, 5) is 0. The van der Waals surface area contributed by atoms with Crippen LogP contribution in [0.3, 0.4) is 0 Å². The van der Waals surface area contributed by atoms with Crippen LogP contribution in [0.15, 0.2) is 0 Å². The minimum absolute atomic E-state index is 0. The predicted octanol–water partition coefficient (Wildman–Crippen LogP) is 4.89. The second-order valence-corrected chi connectivity index (χ2v) is 16.6. The molecule has 3 aliphatic carbocycles. The Morgan fingerprint density at radius 2 is 0.739 bits per heavy atom. The molecule has 0 N–H and O–H groups in total. The van der Waals surface area contributed by atoms with Gasteiger partial charge in [0.05, 0.1) is 17.0 Å². The molecule has 0 heterocycles. The average molecular weight is 577 g/mol. The van der Waals surface area contributed by atoms with Crippen molar-refractivity contribution in [2.24, 2.45) is 0 Å². The van der Waals surface area contributed by atoms with Crippen LogP contribution in [0, 0.1) is 0 Å². The molecule has 0 aromatic heterocycles. The topological polar surface area (TPSA) is 0 Å². The fourth-order valence-electron chi connectivity index (χ4n) is 5.31. The van der Waals surface area contributed by atoms with Gasteiger partial charge in [0, 0.05) is 7.92 Å². The molecule has 23 heavy (non-hydrogen) atoms. The van der Waals surface area contributed by atoms with Crippen LogP contribution < -0.4 is 17.0 Å². The Morgan fingerprint density at radius 3 is 0.957 bits per heavy atom. The summed E-state index contributed by atoms with van der Waals surface area (Å²) in [7, 11) is -0.0465. The molecule has 0 aromatic carbocycles. The van der Waals surface area contributed by atoms with E-state index in [4.69, 9.17) is 0 Å². The second-order valence-electron chi connectivity index (χ2n) is 7.56. The first kappa shape index (κ1) is 23.4. The molecule has 0 spiro atoms. The van der Waals surface area contributed by atoms with E-state index in [1.165, 1.54) is 17.0 Å². The molecular weight excluding hydrogens is 543 g/mol. The van der Waals surface area contributed by atoms with Crippen LogP contribution in [0.2, 0.25) is 0 Å². The normalized spacial score (nSPS) is 24.7. The van der Waals surface area contributed by atoms with Crippen LogP contribution in [0.25, 0.3) is 0 Å². The van der Waals surface area contributed by atoms with Gasteiger partial charge in [0.1, 0.15) is 0 Å². The molecule has 0 unspecified atom stereocenters. The van der Waals surface area contributed by atoms with E-state index >= 15 is 0 Å². The molecule has 5 heteroatoms. The van der Waals surface area contributed by atoms with Gasteiger partial charge in [0.2, 0.25) is 0 Å². The van der Waals surface area contributed by atoms with E-state index < -0.39 is 0 Å².